The highest BCUT2D eigenvalue weighted by Crippen LogP contribution is 2.09. The molecule has 2 rings (SSSR count). The molecule has 0 aliphatic heterocycles. The summed E-state index contributed by atoms with van der Waals surface area (Å²) in [6.07, 6.45) is 4.21. The van der Waals surface area contributed by atoms with E-state index in [1.807, 2.05) is 30.3 Å². The lowest BCUT2D eigenvalue weighted by molar-refractivity contribution is 0.640. The summed E-state index contributed by atoms with van der Waals surface area (Å²) in [6.45, 7) is 4.75. The van der Waals surface area contributed by atoms with Crippen molar-refractivity contribution in [2.45, 2.75) is 6.92 Å². The third kappa shape index (κ3) is 13.0. The van der Waals surface area contributed by atoms with Gasteiger partial charge in [-0.05, 0) is 61.5 Å². The summed E-state index contributed by atoms with van der Waals surface area (Å²) in [5.41, 5.74) is 18.0. The van der Waals surface area contributed by atoms with E-state index in [1.54, 1.807) is 24.3 Å². The molecule has 0 unspecified atom stereocenters. The molecule has 5 heteroatoms. The fraction of sp³-hybridized carbons (Fsp3) is 0.0526. The standard InChI is InChI=1S/C7H10FN.C6H6ClN.C6H7N/c1-3-7(9)5-4-6(2)8;7-5-1-3-6(8)4-2-5;7-6-4-2-1-3-5-6/h3-5H,1,9H2,2H3;1-4H,8H2;1-5H,7H2/b6-4+,7-5+;;. The Labute approximate surface area is 147 Å². The molecule has 0 aromatic heterocycles. The minimum Gasteiger partial charge on any atom is -0.399 e. The molecule has 0 heterocycles. The molecule has 0 aliphatic rings. The minimum atomic E-state index is -0.264. The van der Waals surface area contributed by atoms with E-state index in [9.17, 15) is 4.39 Å². The lowest BCUT2D eigenvalue weighted by atomic mass is 10.3. The maximum absolute atomic E-state index is 11.9. The zero-order valence-corrected chi connectivity index (χ0v) is 14.4. The predicted molar refractivity (Wildman–Crippen MR) is 104 cm³/mol. The number of nitrogens with two attached hydrogens (primary N) is 3. The Hall–Kier alpha value is -2.72. The van der Waals surface area contributed by atoms with Gasteiger partial charge in [-0.15, -0.1) is 0 Å². The largest absolute Gasteiger partial charge is 0.399 e. The van der Waals surface area contributed by atoms with Gasteiger partial charge in [-0.25, -0.2) is 4.39 Å². The van der Waals surface area contributed by atoms with E-state index in [4.69, 9.17) is 28.8 Å². The first-order valence-corrected chi connectivity index (χ1v) is 7.46. The number of halogens is 2. The maximum Gasteiger partial charge on any atom is 0.0969 e. The van der Waals surface area contributed by atoms with Gasteiger partial charge in [-0.3, -0.25) is 0 Å². The molecule has 3 nitrogen and oxygen atoms in total. The van der Waals surface area contributed by atoms with Crippen LogP contribution in [0.5, 0.6) is 0 Å². The fourth-order valence-corrected chi connectivity index (χ4v) is 1.32. The molecule has 128 valence electrons. The average Bonchev–Trinajstić information content (AvgIpc) is 2.57. The topological polar surface area (TPSA) is 78.1 Å². The Bertz CT molecular complexity index is 625. The first-order chi connectivity index (χ1) is 11.3. The van der Waals surface area contributed by atoms with Gasteiger partial charge >= 0.3 is 0 Å². The number of para-hydroxylation sites is 1. The van der Waals surface area contributed by atoms with Crippen LogP contribution in [0.4, 0.5) is 15.8 Å². The lowest BCUT2D eigenvalue weighted by Gasteiger charge is -1.88. The Morgan fingerprint density at radius 3 is 1.79 bits per heavy atom. The molecule has 24 heavy (non-hydrogen) atoms. The van der Waals surface area contributed by atoms with Gasteiger partial charge in [0.2, 0.25) is 0 Å². The molecule has 0 atom stereocenters. The van der Waals surface area contributed by atoms with Crippen molar-refractivity contribution in [3.63, 3.8) is 0 Å². The van der Waals surface area contributed by atoms with Crippen LogP contribution in [0.25, 0.3) is 0 Å². The molecule has 0 spiro atoms. The van der Waals surface area contributed by atoms with E-state index >= 15 is 0 Å². The molecule has 0 saturated carbocycles. The number of hydrogen-bond acceptors (Lipinski definition) is 3. The van der Waals surface area contributed by atoms with Crippen molar-refractivity contribution in [2.75, 3.05) is 11.5 Å². The molecule has 0 saturated heterocycles. The Morgan fingerprint density at radius 2 is 1.46 bits per heavy atom. The highest BCUT2D eigenvalue weighted by Gasteiger charge is 1.82. The first kappa shape index (κ1) is 21.3. The number of benzene rings is 2. The van der Waals surface area contributed by atoms with Crippen molar-refractivity contribution in [3.8, 4) is 0 Å². The van der Waals surface area contributed by atoms with Gasteiger partial charge in [-0.2, -0.15) is 0 Å². The SMILES string of the molecule is C=C/C(N)=C\C=C(/C)F.Nc1ccc(Cl)cc1.Nc1ccccc1. The van der Waals surface area contributed by atoms with Gasteiger partial charge in [0.15, 0.2) is 0 Å². The summed E-state index contributed by atoms with van der Waals surface area (Å²) >= 11 is 5.56. The summed E-state index contributed by atoms with van der Waals surface area (Å²) in [6, 6.07) is 16.5. The van der Waals surface area contributed by atoms with E-state index in [0.717, 1.165) is 16.4 Å². The van der Waals surface area contributed by atoms with Crippen LogP contribution in [0.3, 0.4) is 0 Å². The van der Waals surface area contributed by atoms with Crippen LogP contribution in [0, 0.1) is 0 Å². The molecular formula is C19H23ClFN3. The average molecular weight is 348 g/mol. The van der Waals surface area contributed by atoms with Crippen molar-refractivity contribution in [1.29, 1.82) is 0 Å². The number of nitrogen functional groups attached to an aromatic ring is 2. The van der Waals surface area contributed by atoms with Crippen LogP contribution >= 0.6 is 11.6 Å². The van der Waals surface area contributed by atoms with Crippen molar-refractivity contribution in [3.05, 3.63) is 96.0 Å². The minimum absolute atomic E-state index is 0.264. The third-order valence-electron chi connectivity index (χ3n) is 2.41. The van der Waals surface area contributed by atoms with Gasteiger partial charge < -0.3 is 17.2 Å². The van der Waals surface area contributed by atoms with Gasteiger partial charge in [0.05, 0.1) is 5.83 Å². The second kappa shape index (κ2) is 12.8. The van der Waals surface area contributed by atoms with Crippen molar-refractivity contribution < 1.29 is 4.39 Å². The Kier molecular flexibility index (Phi) is 11.3. The zero-order chi connectivity index (χ0) is 18.4. The van der Waals surface area contributed by atoms with Crippen LogP contribution in [0.1, 0.15) is 6.92 Å². The van der Waals surface area contributed by atoms with E-state index in [-0.39, 0.29) is 5.83 Å². The number of rotatable bonds is 2. The second-order valence-electron chi connectivity index (χ2n) is 4.59. The smallest absolute Gasteiger partial charge is 0.0969 e. The molecule has 0 fully saturated rings. The van der Waals surface area contributed by atoms with Gasteiger partial charge in [0.1, 0.15) is 0 Å². The van der Waals surface area contributed by atoms with Crippen LogP contribution < -0.4 is 17.2 Å². The summed E-state index contributed by atoms with van der Waals surface area (Å²) in [7, 11) is 0. The van der Waals surface area contributed by atoms with Gasteiger partial charge in [-0.1, -0.05) is 36.4 Å². The van der Waals surface area contributed by atoms with Crippen LogP contribution in [-0.4, -0.2) is 0 Å². The molecule has 0 radical (unpaired) electrons. The van der Waals surface area contributed by atoms with Crippen LogP contribution in [-0.2, 0) is 0 Å². The zero-order valence-electron chi connectivity index (χ0n) is 13.6. The van der Waals surface area contributed by atoms with Crippen LogP contribution in [0.15, 0.2) is 90.9 Å². The van der Waals surface area contributed by atoms with Crippen molar-refractivity contribution >= 4 is 23.0 Å². The first-order valence-electron chi connectivity index (χ1n) is 7.08. The number of hydrogen-bond donors (Lipinski definition) is 3. The quantitative estimate of drug-likeness (QED) is 0.523. The number of anilines is 2. The Balaban J connectivity index is 0.000000332. The molecule has 0 bridgehead atoms. The summed E-state index contributed by atoms with van der Waals surface area (Å²) < 4.78 is 11.9. The molecule has 2 aromatic rings. The van der Waals surface area contributed by atoms with E-state index in [0.29, 0.717) is 5.70 Å². The summed E-state index contributed by atoms with van der Waals surface area (Å²) in [5, 5.41) is 0.721. The fourth-order valence-electron chi connectivity index (χ4n) is 1.19. The Morgan fingerprint density at radius 1 is 0.958 bits per heavy atom. The molecule has 6 N–H and O–H groups in total. The van der Waals surface area contributed by atoms with E-state index < -0.39 is 0 Å². The highest BCUT2D eigenvalue weighted by atomic mass is 35.5. The third-order valence-corrected chi connectivity index (χ3v) is 2.66. The summed E-state index contributed by atoms with van der Waals surface area (Å²) in [4.78, 5) is 0. The van der Waals surface area contributed by atoms with Gasteiger partial charge in [0, 0.05) is 22.1 Å². The molecule has 0 aliphatic carbocycles. The summed E-state index contributed by atoms with van der Waals surface area (Å²) in [5.74, 6) is -0.264. The molecule has 2 aromatic carbocycles. The second-order valence-corrected chi connectivity index (χ2v) is 5.02. The normalized spacial score (nSPS) is 10.6. The van der Waals surface area contributed by atoms with Crippen LogP contribution in [0.2, 0.25) is 5.02 Å². The highest BCUT2D eigenvalue weighted by molar-refractivity contribution is 6.30. The van der Waals surface area contributed by atoms with Gasteiger partial charge in [0.25, 0.3) is 0 Å². The number of allylic oxidation sites excluding steroid dienone is 4. The predicted octanol–water partition coefficient (Wildman–Crippen LogP) is 5.08. The lowest BCUT2D eigenvalue weighted by Crippen LogP contribution is -1.89. The monoisotopic (exact) mass is 347 g/mol. The van der Waals surface area contributed by atoms with Crippen molar-refractivity contribution in [2.24, 2.45) is 5.73 Å². The maximum atomic E-state index is 11.9. The molecular weight excluding hydrogens is 325 g/mol. The molecule has 0 amide bonds. The van der Waals surface area contributed by atoms with E-state index in [2.05, 4.69) is 6.58 Å². The van der Waals surface area contributed by atoms with Crippen molar-refractivity contribution in [1.82, 2.24) is 0 Å². The van der Waals surface area contributed by atoms with E-state index in [1.165, 1.54) is 25.2 Å².